The summed E-state index contributed by atoms with van der Waals surface area (Å²) in [5, 5.41) is 4.60. The zero-order chi connectivity index (χ0) is 17.3. The van der Waals surface area contributed by atoms with Crippen LogP contribution >= 0.6 is 22.9 Å². The molecule has 0 saturated carbocycles. The van der Waals surface area contributed by atoms with E-state index in [-0.39, 0.29) is 16.5 Å². The standard InChI is InChI=1S/C15H12ClF2N3O2S/c16-9-7-11(18)10(17)6-8(9)14(23)21-4-1-2-12(21)13(22)20-15-19-3-5-24-15/h3,5-7,12H,1-2,4H2,(H,19,20,22). The molecule has 1 atom stereocenters. The minimum Gasteiger partial charge on any atom is -0.327 e. The number of amides is 2. The molecule has 1 fully saturated rings. The Morgan fingerprint density at radius 2 is 2.08 bits per heavy atom. The molecule has 2 amide bonds. The van der Waals surface area contributed by atoms with Crippen LogP contribution < -0.4 is 5.32 Å². The van der Waals surface area contributed by atoms with Gasteiger partial charge in [0.25, 0.3) is 5.91 Å². The summed E-state index contributed by atoms with van der Waals surface area (Å²) < 4.78 is 26.6. The minimum atomic E-state index is -1.16. The second-order valence-corrected chi connectivity index (χ2v) is 6.53. The van der Waals surface area contributed by atoms with E-state index in [1.807, 2.05) is 0 Å². The monoisotopic (exact) mass is 371 g/mol. The second kappa shape index (κ2) is 6.82. The molecule has 1 unspecified atom stereocenters. The largest absolute Gasteiger partial charge is 0.327 e. The van der Waals surface area contributed by atoms with Crippen molar-refractivity contribution in [3.05, 3.63) is 45.9 Å². The van der Waals surface area contributed by atoms with Gasteiger partial charge in [-0.15, -0.1) is 11.3 Å². The van der Waals surface area contributed by atoms with Gasteiger partial charge >= 0.3 is 0 Å². The molecule has 24 heavy (non-hydrogen) atoms. The number of benzene rings is 1. The predicted molar refractivity (Wildman–Crippen MR) is 86.2 cm³/mol. The van der Waals surface area contributed by atoms with Crippen LogP contribution in [-0.2, 0) is 4.79 Å². The van der Waals surface area contributed by atoms with Crippen molar-refractivity contribution in [2.45, 2.75) is 18.9 Å². The number of halogens is 3. The van der Waals surface area contributed by atoms with Crippen LogP contribution in [0.4, 0.5) is 13.9 Å². The van der Waals surface area contributed by atoms with Gasteiger partial charge in [-0.25, -0.2) is 13.8 Å². The Morgan fingerprint density at radius 3 is 2.79 bits per heavy atom. The van der Waals surface area contributed by atoms with Crippen LogP contribution in [0.5, 0.6) is 0 Å². The summed E-state index contributed by atoms with van der Waals surface area (Å²) in [6.45, 7) is 0.337. The molecule has 0 spiro atoms. The first kappa shape index (κ1) is 16.8. The van der Waals surface area contributed by atoms with E-state index < -0.39 is 23.6 Å². The van der Waals surface area contributed by atoms with Crippen molar-refractivity contribution in [3.63, 3.8) is 0 Å². The Hall–Kier alpha value is -2.06. The summed E-state index contributed by atoms with van der Waals surface area (Å²) in [4.78, 5) is 30.3. The molecule has 1 saturated heterocycles. The highest BCUT2D eigenvalue weighted by molar-refractivity contribution is 7.13. The van der Waals surface area contributed by atoms with Gasteiger partial charge in [-0.1, -0.05) is 11.6 Å². The molecular formula is C15H12ClF2N3O2S. The molecule has 126 valence electrons. The summed E-state index contributed by atoms with van der Waals surface area (Å²) in [6, 6.07) is 0.810. The summed E-state index contributed by atoms with van der Waals surface area (Å²) >= 11 is 7.12. The fourth-order valence-corrected chi connectivity index (χ4v) is 3.36. The summed E-state index contributed by atoms with van der Waals surface area (Å²) in [6.07, 6.45) is 2.66. The highest BCUT2D eigenvalue weighted by Gasteiger charge is 2.35. The van der Waals surface area contributed by atoms with E-state index in [9.17, 15) is 18.4 Å². The number of thiazole rings is 1. The quantitative estimate of drug-likeness (QED) is 0.842. The van der Waals surface area contributed by atoms with Crippen LogP contribution in [0.2, 0.25) is 5.02 Å². The molecular weight excluding hydrogens is 360 g/mol. The molecule has 1 N–H and O–H groups in total. The highest BCUT2D eigenvalue weighted by Crippen LogP contribution is 2.26. The number of aromatic nitrogens is 1. The van der Waals surface area contributed by atoms with Gasteiger partial charge < -0.3 is 10.2 Å². The highest BCUT2D eigenvalue weighted by atomic mass is 35.5. The molecule has 1 aliphatic heterocycles. The number of rotatable bonds is 3. The second-order valence-electron chi connectivity index (χ2n) is 5.23. The number of likely N-dealkylation sites (tertiary alicyclic amines) is 1. The Bertz CT molecular complexity index is 785. The molecule has 1 aromatic carbocycles. The van der Waals surface area contributed by atoms with E-state index in [1.165, 1.54) is 16.2 Å². The van der Waals surface area contributed by atoms with Crippen molar-refractivity contribution < 1.29 is 18.4 Å². The van der Waals surface area contributed by atoms with E-state index >= 15 is 0 Å². The Balaban J connectivity index is 1.81. The lowest BCUT2D eigenvalue weighted by molar-refractivity contribution is -0.119. The van der Waals surface area contributed by atoms with Crippen molar-refractivity contribution in [3.8, 4) is 0 Å². The van der Waals surface area contributed by atoms with Crippen LogP contribution in [0.15, 0.2) is 23.7 Å². The molecule has 1 aliphatic rings. The minimum absolute atomic E-state index is 0.162. The lowest BCUT2D eigenvalue weighted by atomic mass is 10.1. The van der Waals surface area contributed by atoms with Crippen molar-refractivity contribution in [2.24, 2.45) is 0 Å². The van der Waals surface area contributed by atoms with Gasteiger partial charge in [0, 0.05) is 18.1 Å². The van der Waals surface area contributed by atoms with Crippen LogP contribution in [0.1, 0.15) is 23.2 Å². The molecule has 5 nitrogen and oxygen atoms in total. The van der Waals surface area contributed by atoms with Crippen molar-refractivity contribution in [2.75, 3.05) is 11.9 Å². The lowest BCUT2D eigenvalue weighted by Gasteiger charge is -2.24. The van der Waals surface area contributed by atoms with Crippen LogP contribution in [0, 0.1) is 11.6 Å². The van der Waals surface area contributed by atoms with Crippen molar-refractivity contribution >= 4 is 39.9 Å². The fourth-order valence-electron chi connectivity index (χ4n) is 2.60. The number of hydrogen-bond donors (Lipinski definition) is 1. The van der Waals surface area contributed by atoms with Gasteiger partial charge in [-0.05, 0) is 25.0 Å². The van der Waals surface area contributed by atoms with E-state index in [0.717, 1.165) is 12.1 Å². The Morgan fingerprint density at radius 1 is 1.33 bits per heavy atom. The Kier molecular flexibility index (Phi) is 4.77. The maximum absolute atomic E-state index is 13.4. The van der Waals surface area contributed by atoms with Gasteiger partial charge in [-0.3, -0.25) is 9.59 Å². The normalized spacial score (nSPS) is 17.1. The zero-order valence-corrected chi connectivity index (χ0v) is 13.8. The maximum Gasteiger partial charge on any atom is 0.256 e. The number of carbonyl (C=O) groups excluding carboxylic acids is 2. The predicted octanol–water partition coefficient (Wildman–Crippen LogP) is 3.32. The molecule has 0 aliphatic carbocycles. The van der Waals surface area contributed by atoms with Gasteiger partial charge in [0.2, 0.25) is 5.91 Å². The first-order valence-corrected chi connectivity index (χ1v) is 8.39. The number of hydrogen-bond acceptors (Lipinski definition) is 4. The van der Waals surface area contributed by atoms with Crippen LogP contribution in [-0.4, -0.2) is 34.3 Å². The maximum atomic E-state index is 13.4. The number of nitrogens with zero attached hydrogens (tertiary/aromatic N) is 2. The third-order valence-electron chi connectivity index (χ3n) is 3.72. The van der Waals surface area contributed by atoms with Gasteiger partial charge in [0.1, 0.15) is 6.04 Å². The average molecular weight is 372 g/mol. The SMILES string of the molecule is O=C(Nc1nccs1)C1CCCN1C(=O)c1cc(F)c(F)cc1Cl. The molecule has 2 heterocycles. The topological polar surface area (TPSA) is 62.3 Å². The van der Waals surface area contributed by atoms with Crippen LogP contribution in [0.3, 0.4) is 0 Å². The third kappa shape index (κ3) is 3.25. The molecule has 1 aromatic heterocycles. The number of nitrogens with one attached hydrogen (secondary N) is 1. The fraction of sp³-hybridized carbons (Fsp3) is 0.267. The smallest absolute Gasteiger partial charge is 0.256 e. The lowest BCUT2D eigenvalue weighted by Crippen LogP contribution is -2.43. The van der Waals surface area contributed by atoms with E-state index in [2.05, 4.69) is 10.3 Å². The molecule has 0 radical (unpaired) electrons. The zero-order valence-electron chi connectivity index (χ0n) is 12.3. The van der Waals surface area contributed by atoms with Crippen LogP contribution in [0.25, 0.3) is 0 Å². The van der Waals surface area contributed by atoms with Gasteiger partial charge in [0.15, 0.2) is 16.8 Å². The van der Waals surface area contributed by atoms with Gasteiger partial charge in [-0.2, -0.15) is 0 Å². The van der Waals surface area contributed by atoms with E-state index in [0.29, 0.717) is 24.5 Å². The first-order valence-electron chi connectivity index (χ1n) is 7.13. The summed E-state index contributed by atoms with van der Waals surface area (Å²) in [5.41, 5.74) is -0.162. The molecule has 3 rings (SSSR count). The number of carbonyl (C=O) groups is 2. The van der Waals surface area contributed by atoms with Crippen molar-refractivity contribution in [1.82, 2.24) is 9.88 Å². The molecule has 0 bridgehead atoms. The van der Waals surface area contributed by atoms with Crippen molar-refractivity contribution in [1.29, 1.82) is 0 Å². The molecule has 2 aromatic rings. The third-order valence-corrected chi connectivity index (χ3v) is 4.72. The summed E-state index contributed by atoms with van der Waals surface area (Å²) in [5.74, 6) is -3.26. The van der Waals surface area contributed by atoms with E-state index in [1.54, 1.807) is 11.6 Å². The average Bonchev–Trinajstić information content (AvgIpc) is 3.21. The van der Waals surface area contributed by atoms with E-state index in [4.69, 9.17) is 11.6 Å². The molecule has 9 heteroatoms. The van der Waals surface area contributed by atoms with Gasteiger partial charge in [0.05, 0.1) is 10.6 Å². The summed E-state index contributed by atoms with van der Waals surface area (Å²) in [7, 11) is 0. The first-order chi connectivity index (χ1) is 11.5. The number of anilines is 1. The Labute approximate surface area is 145 Å².